The third-order valence-electron chi connectivity index (χ3n) is 3.70. The zero-order valence-electron chi connectivity index (χ0n) is 13.3. The summed E-state index contributed by atoms with van der Waals surface area (Å²) in [5.41, 5.74) is 1.63. The highest BCUT2D eigenvalue weighted by Crippen LogP contribution is 2.29. The van der Waals surface area contributed by atoms with Crippen LogP contribution in [-0.4, -0.2) is 22.9 Å². The summed E-state index contributed by atoms with van der Waals surface area (Å²) in [6.45, 7) is 3.49. The molecule has 1 N–H and O–H groups in total. The number of nitrogens with zero attached hydrogens (tertiary/aromatic N) is 3. The Kier molecular flexibility index (Phi) is 4.76. The average Bonchev–Trinajstić information content (AvgIpc) is 2.62. The van der Waals surface area contributed by atoms with Crippen LogP contribution in [0.1, 0.15) is 0 Å². The number of carbonyl (C=O) groups is 1. The fourth-order valence-electron chi connectivity index (χ4n) is 2.34. The van der Waals surface area contributed by atoms with Crippen LogP contribution in [0, 0.1) is 5.82 Å². The Morgan fingerprint density at radius 1 is 1.28 bits per heavy atom. The Morgan fingerprint density at radius 3 is 2.80 bits per heavy atom. The molecular weight excluding hydrogens is 387 g/mol. The van der Waals surface area contributed by atoms with E-state index >= 15 is 0 Å². The van der Waals surface area contributed by atoms with Gasteiger partial charge in [-0.2, -0.15) is 0 Å². The largest absolute Gasteiger partial charge is 0.337 e. The molecule has 1 heterocycles. The highest BCUT2D eigenvalue weighted by Gasteiger charge is 2.12. The van der Waals surface area contributed by atoms with Crippen LogP contribution in [0.2, 0.25) is 0 Å². The minimum atomic E-state index is -0.406. The van der Waals surface area contributed by atoms with Gasteiger partial charge in [0.1, 0.15) is 18.0 Å². The predicted octanol–water partition coefficient (Wildman–Crippen LogP) is 4.42. The van der Waals surface area contributed by atoms with Gasteiger partial charge in [-0.05, 0) is 42.5 Å². The fourth-order valence-corrected chi connectivity index (χ4v) is 2.67. The molecule has 2 aromatic carbocycles. The van der Waals surface area contributed by atoms with Gasteiger partial charge in [-0.1, -0.05) is 22.5 Å². The minimum Gasteiger partial charge on any atom is -0.337 e. The maximum Gasteiger partial charge on any atom is 0.250 e. The molecule has 0 aliphatic heterocycles. The number of halogens is 2. The summed E-state index contributed by atoms with van der Waals surface area (Å²) in [5, 5.41) is 3.65. The topological polar surface area (TPSA) is 58.1 Å². The van der Waals surface area contributed by atoms with Gasteiger partial charge in [0.25, 0.3) is 0 Å². The number of carbonyl (C=O) groups excluding carboxylic acids is 1. The van der Waals surface area contributed by atoms with Gasteiger partial charge < -0.3 is 10.2 Å². The molecule has 0 aliphatic rings. The predicted molar refractivity (Wildman–Crippen MR) is 101 cm³/mol. The Balaban J connectivity index is 2.05. The van der Waals surface area contributed by atoms with Crippen molar-refractivity contribution in [2.75, 3.05) is 17.3 Å². The van der Waals surface area contributed by atoms with Crippen molar-refractivity contribution in [3.63, 3.8) is 0 Å². The van der Waals surface area contributed by atoms with E-state index in [1.165, 1.54) is 23.4 Å². The first-order valence-corrected chi connectivity index (χ1v) is 8.16. The number of likely N-dealkylation sites (N-methyl/N-ethyl adjacent to an activating group) is 1. The van der Waals surface area contributed by atoms with Crippen molar-refractivity contribution < 1.29 is 9.18 Å². The quantitative estimate of drug-likeness (QED) is 0.658. The molecule has 0 saturated heterocycles. The van der Waals surface area contributed by atoms with E-state index in [0.29, 0.717) is 32.6 Å². The average molecular weight is 401 g/mol. The Hall–Kier alpha value is -2.80. The standard InChI is InChI=1S/C18H14BrFN4O/c1-3-17(25)24(2)12-5-7-15-13(9-12)18(22-10-21-15)23-16-6-4-11(19)8-14(16)20/h3-10H,1H2,2H3,(H,21,22,23). The number of hydrogen-bond acceptors (Lipinski definition) is 4. The first-order chi connectivity index (χ1) is 12.0. The van der Waals surface area contributed by atoms with Crippen molar-refractivity contribution in [3.8, 4) is 0 Å². The van der Waals surface area contributed by atoms with Crippen molar-refractivity contribution in [2.45, 2.75) is 0 Å². The maximum absolute atomic E-state index is 14.1. The Morgan fingerprint density at radius 2 is 2.08 bits per heavy atom. The number of aromatic nitrogens is 2. The summed E-state index contributed by atoms with van der Waals surface area (Å²) in [4.78, 5) is 21.7. The molecule has 3 aromatic rings. The van der Waals surface area contributed by atoms with Crippen molar-refractivity contribution in [2.24, 2.45) is 0 Å². The number of rotatable bonds is 4. The van der Waals surface area contributed by atoms with Gasteiger partial charge in [-0.25, -0.2) is 14.4 Å². The van der Waals surface area contributed by atoms with Gasteiger partial charge in [0.05, 0.1) is 11.2 Å². The number of benzene rings is 2. The van der Waals surface area contributed by atoms with Gasteiger partial charge in [-0.3, -0.25) is 4.79 Å². The van der Waals surface area contributed by atoms with E-state index in [9.17, 15) is 9.18 Å². The minimum absolute atomic E-state index is 0.232. The highest BCUT2D eigenvalue weighted by atomic mass is 79.9. The van der Waals surface area contributed by atoms with Crippen molar-refractivity contribution in [1.29, 1.82) is 0 Å². The molecule has 3 rings (SSSR count). The zero-order chi connectivity index (χ0) is 18.0. The number of anilines is 3. The second-order valence-electron chi connectivity index (χ2n) is 5.27. The van der Waals surface area contributed by atoms with Crippen molar-refractivity contribution in [3.05, 3.63) is 65.7 Å². The first kappa shape index (κ1) is 17.0. The Labute approximate surface area is 152 Å². The van der Waals surface area contributed by atoms with Gasteiger partial charge in [0.2, 0.25) is 5.91 Å². The first-order valence-electron chi connectivity index (χ1n) is 7.36. The maximum atomic E-state index is 14.1. The number of amides is 1. The van der Waals surface area contributed by atoms with E-state index < -0.39 is 5.82 Å². The number of hydrogen-bond donors (Lipinski definition) is 1. The van der Waals surface area contributed by atoms with E-state index in [-0.39, 0.29) is 5.91 Å². The molecule has 0 atom stereocenters. The third-order valence-corrected chi connectivity index (χ3v) is 4.19. The third kappa shape index (κ3) is 3.51. The molecule has 1 aromatic heterocycles. The van der Waals surface area contributed by atoms with E-state index in [0.717, 1.165) is 0 Å². The lowest BCUT2D eigenvalue weighted by atomic mass is 10.2. The Bertz CT molecular complexity index is 976. The van der Waals surface area contributed by atoms with Gasteiger partial charge in [0, 0.05) is 22.6 Å². The molecule has 0 radical (unpaired) electrons. The van der Waals surface area contributed by atoms with Crippen LogP contribution in [-0.2, 0) is 4.79 Å². The molecule has 25 heavy (non-hydrogen) atoms. The second kappa shape index (κ2) is 6.98. The highest BCUT2D eigenvalue weighted by molar-refractivity contribution is 9.10. The summed E-state index contributed by atoms with van der Waals surface area (Å²) in [5.74, 6) is -0.187. The van der Waals surface area contributed by atoms with Crippen LogP contribution < -0.4 is 10.2 Å². The van der Waals surface area contributed by atoms with Crippen molar-refractivity contribution >= 4 is 49.9 Å². The zero-order valence-corrected chi connectivity index (χ0v) is 14.9. The molecule has 0 saturated carbocycles. The molecule has 0 unspecified atom stereocenters. The lowest BCUT2D eigenvalue weighted by Gasteiger charge is -2.16. The summed E-state index contributed by atoms with van der Waals surface area (Å²) >= 11 is 3.23. The normalized spacial score (nSPS) is 10.5. The van der Waals surface area contributed by atoms with Crippen LogP contribution in [0.15, 0.2) is 59.9 Å². The summed E-state index contributed by atoms with van der Waals surface area (Å²) < 4.78 is 14.7. The van der Waals surface area contributed by atoms with E-state index in [2.05, 4.69) is 37.8 Å². The van der Waals surface area contributed by atoms with Crippen LogP contribution in [0.5, 0.6) is 0 Å². The van der Waals surface area contributed by atoms with E-state index in [1.807, 2.05) is 0 Å². The van der Waals surface area contributed by atoms with Gasteiger partial charge in [-0.15, -0.1) is 0 Å². The van der Waals surface area contributed by atoms with Crippen molar-refractivity contribution in [1.82, 2.24) is 9.97 Å². The lowest BCUT2D eigenvalue weighted by Crippen LogP contribution is -2.23. The molecule has 0 spiro atoms. The summed E-state index contributed by atoms with van der Waals surface area (Å²) in [6.07, 6.45) is 2.64. The molecule has 5 nitrogen and oxygen atoms in total. The van der Waals surface area contributed by atoms with Crippen LogP contribution in [0.4, 0.5) is 21.6 Å². The van der Waals surface area contributed by atoms with Crippen LogP contribution in [0.25, 0.3) is 10.9 Å². The lowest BCUT2D eigenvalue weighted by molar-refractivity contribution is -0.113. The number of fused-ring (bicyclic) bond motifs is 1. The molecule has 0 fully saturated rings. The second-order valence-corrected chi connectivity index (χ2v) is 6.19. The molecule has 0 aliphatic carbocycles. The fraction of sp³-hybridized carbons (Fsp3) is 0.0556. The SMILES string of the molecule is C=CC(=O)N(C)c1ccc2ncnc(Nc3ccc(Br)cc3F)c2c1. The molecule has 7 heteroatoms. The van der Waals surface area contributed by atoms with E-state index in [1.54, 1.807) is 37.4 Å². The summed E-state index contributed by atoms with van der Waals surface area (Å²) in [6, 6.07) is 10.0. The number of nitrogens with one attached hydrogen (secondary N) is 1. The monoisotopic (exact) mass is 400 g/mol. The van der Waals surface area contributed by atoms with Gasteiger partial charge >= 0.3 is 0 Å². The molecular formula is C18H14BrFN4O. The molecule has 0 bridgehead atoms. The van der Waals surface area contributed by atoms with Crippen LogP contribution in [0.3, 0.4) is 0 Å². The summed E-state index contributed by atoms with van der Waals surface area (Å²) in [7, 11) is 1.65. The van der Waals surface area contributed by atoms with E-state index in [4.69, 9.17) is 0 Å². The van der Waals surface area contributed by atoms with Gasteiger partial charge in [0.15, 0.2) is 0 Å². The van der Waals surface area contributed by atoms with Crippen LogP contribution >= 0.6 is 15.9 Å². The molecule has 126 valence electrons. The molecule has 1 amide bonds. The smallest absolute Gasteiger partial charge is 0.250 e.